The van der Waals surface area contributed by atoms with E-state index in [1.807, 2.05) is 12.2 Å². The number of carbonyl (C=O) groups is 1. The van der Waals surface area contributed by atoms with Crippen LogP contribution in [0.2, 0.25) is 0 Å². The van der Waals surface area contributed by atoms with Gasteiger partial charge in [-0.25, -0.2) is 4.79 Å². The number of hydrogen-bond donors (Lipinski definition) is 2. The molecule has 6 heteroatoms. The van der Waals surface area contributed by atoms with Crippen molar-refractivity contribution in [2.24, 2.45) is 0 Å². The van der Waals surface area contributed by atoms with Crippen molar-refractivity contribution in [2.45, 2.75) is 6.42 Å². The Balaban J connectivity index is 2.14. The Morgan fingerprint density at radius 3 is 3.20 bits per heavy atom. The number of aromatic nitrogens is 2. The molecule has 0 bridgehead atoms. The van der Waals surface area contributed by atoms with Crippen molar-refractivity contribution in [3.05, 3.63) is 31.0 Å². The number of anilines is 1. The molecule has 0 unspecified atom stereocenters. The van der Waals surface area contributed by atoms with E-state index in [2.05, 4.69) is 26.8 Å². The summed E-state index contributed by atoms with van der Waals surface area (Å²) in [6.07, 6.45) is 7.75. The Morgan fingerprint density at radius 1 is 1.67 bits per heavy atom. The van der Waals surface area contributed by atoms with Crippen molar-refractivity contribution in [3.8, 4) is 0 Å². The zero-order chi connectivity index (χ0) is 10.9. The van der Waals surface area contributed by atoms with Crippen LogP contribution >= 0.6 is 11.5 Å². The molecule has 1 rings (SSSR count). The highest BCUT2D eigenvalue weighted by atomic mass is 32.1. The monoisotopic (exact) mass is 224 g/mol. The molecular weight excluding hydrogens is 212 g/mol. The average Bonchev–Trinajstić information content (AvgIpc) is 2.70. The Morgan fingerprint density at radius 2 is 2.53 bits per heavy atom. The van der Waals surface area contributed by atoms with Gasteiger partial charge in [-0.15, -0.1) is 5.10 Å². The molecule has 0 aromatic carbocycles. The fourth-order valence-corrected chi connectivity index (χ4v) is 1.25. The van der Waals surface area contributed by atoms with Crippen molar-refractivity contribution in [1.82, 2.24) is 14.9 Å². The van der Waals surface area contributed by atoms with Gasteiger partial charge in [0.1, 0.15) is 5.00 Å². The smallest absolute Gasteiger partial charge is 0.319 e. The van der Waals surface area contributed by atoms with Crippen molar-refractivity contribution in [2.75, 3.05) is 11.9 Å². The number of allylic oxidation sites excluding steroid dienone is 2. The van der Waals surface area contributed by atoms with Crippen LogP contribution in [0.25, 0.3) is 0 Å². The maximum Gasteiger partial charge on any atom is 0.319 e. The average molecular weight is 224 g/mol. The molecule has 80 valence electrons. The first-order chi connectivity index (χ1) is 7.33. The molecule has 1 heterocycles. The molecule has 2 N–H and O–H groups in total. The highest BCUT2D eigenvalue weighted by Crippen LogP contribution is 2.07. The quantitative estimate of drug-likeness (QED) is 0.592. The van der Waals surface area contributed by atoms with Gasteiger partial charge in [0.05, 0.1) is 6.20 Å². The first-order valence-electron chi connectivity index (χ1n) is 4.42. The molecule has 2 amide bonds. The molecule has 0 atom stereocenters. The summed E-state index contributed by atoms with van der Waals surface area (Å²) >= 11 is 1.14. The maximum atomic E-state index is 11.2. The minimum Gasteiger partial charge on any atom is -0.338 e. The molecule has 1 aromatic heterocycles. The highest BCUT2D eigenvalue weighted by Gasteiger charge is 2.01. The molecule has 5 nitrogen and oxygen atoms in total. The van der Waals surface area contributed by atoms with Gasteiger partial charge in [0, 0.05) is 18.1 Å². The third-order valence-corrected chi connectivity index (χ3v) is 2.05. The van der Waals surface area contributed by atoms with Gasteiger partial charge in [-0.3, -0.25) is 5.32 Å². The number of rotatable bonds is 5. The summed E-state index contributed by atoms with van der Waals surface area (Å²) in [6.45, 7) is 4.13. The first kappa shape index (κ1) is 11.4. The summed E-state index contributed by atoms with van der Waals surface area (Å²) in [4.78, 5) is 11.2. The van der Waals surface area contributed by atoms with Gasteiger partial charge in [-0.05, 0) is 6.42 Å². The molecule has 0 aliphatic carbocycles. The van der Waals surface area contributed by atoms with Crippen LogP contribution in [0.15, 0.2) is 31.0 Å². The van der Waals surface area contributed by atoms with Crippen molar-refractivity contribution in [3.63, 3.8) is 0 Å². The van der Waals surface area contributed by atoms with E-state index in [0.717, 1.165) is 18.0 Å². The minimum atomic E-state index is -0.243. The molecule has 0 aliphatic rings. The van der Waals surface area contributed by atoms with E-state index in [4.69, 9.17) is 0 Å². The van der Waals surface area contributed by atoms with Crippen LogP contribution in [0.3, 0.4) is 0 Å². The van der Waals surface area contributed by atoms with Crippen molar-refractivity contribution < 1.29 is 4.79 Å². The third kappa shape index (κ3) is 4.92. The highest BCUT2D eigenvalue weighted by molar-refractivity contribution is 7.10. The van der Waals surface area contributed by atoms with Crippen LogP contribution < -0.4 is 10.6 Å². The molecule has 0 spiro atoms. The number of nitrogens with zero attached hydrogens (tertiary/aromatic N) is 2. The summed E-state index contributed by atoms with van der Waals surface area (Å²) in [5, 5.41) is 9.54. The summed E-state index contributed by atoms with van der Waals surface area (Å²) < 4.78 is 3.62. The summed E-state index contributed by atoms with van der Waals surface area (Å²) in [5.41, 5.74) is 0. The molecule has 15 heavy (non-hydrogen) atoms. The topological polar surface area (TPSA) is 66.9 Å². The number of hydrogen-bond acceptors (Lipinski definition) is 4. The third-order valence-electron chi connectivity index (χ3n) is 1.47. The van der Waals surface area contributed by atoms with Gasteiger partial charge in [-0.2, -0.15) is 0 Å². The zero-order valence-electron chi connectivity index (χ0n) is 8.14. The van der Waals surface area contributed by atoms with Gasteiger partial charge in [0.25, 0.3) is 0 Å². The van der Waals surface area contributed by atoms with Gasteiger partial charge in [0.15, 0.2) is 0 Å². The molecule has 0 radical (unpaired) electrons. The van der Waals surface area contributed by atoms with Gasteiger partial charge < -0.3 is 5.32 Å². The van der Waals surface area contributed by atoms with E-state index in [9.17, 15) is 4.79 Å². The largest absolute Gasteiger partial charge is 0.338 e. The number of amides is 2. The molecule has 0 fully saturated rings. The summed E-state index contributed by atoms with van der Waals surface area (Å²) in [7, 11) is 0. The second-order valence-electron chi connectivity index (χ2n) is 2.62. The Hall–Kier alpha value is -1.69. The van der Waals surface area contributed by atoms with Crippen LogP contribution in [-0.4, -0.2) is 22.2 Å². The van der Waals surface area contributed by atoms with Crippen LogP contribution in [0.1, 0.15) is 6.42 Å². The van der Waals surface area contributed by atoms with E-state index in [0.29, 0.717) is 11.5 Å². The standard InChI is InChI=1S/C9H12N4OS/c1-2-3-4-5-6-10-9(14)12-8-7-11-13-15-8/h2-4,7H,1,5-6H2,(H2,10,12,14)/b4-3+. The molecule has 0 saturated heterocycles. The molecule has 1 aromatic rings. The predicted molar refractivity (Wildman–Crippen MR) is 60.9 cm³/mol. The van der Waals surface area contributed by atoms with Crippen LogP contribution in [0.4, 0.5) is 9.80 Å². The number of carbonyl (C=O) groups excluding carboxylic acids is 1. The van der Waals surface area contributed by atoms with Gasteiger partial charge in [0.2, 0.25) is 0 Å². The van der Waals surface area contributed by atoms with Gasteiger partial charge in [-0.1, -0.05) is 29.3 Å². The van der Waals surface area contributed by atoms with E-state index in [1.54, 1.807) is 6.08 Å². The van der Waals surface area contributed by atoms with Crippen LogP contribution in [0, 0.1) is 0 Å². The lowest BCUT2D eigenvalue weighted by molar-refractivity contribution is 0.252. The Bertz CT molecular complexity index is 334. The normalized spacial score (nSPS) is 10.1. The van der Waals surface area contributed by atoms with Crippen molar-refractivity contribution in [1.29, 1.82) is 0 Å². The SMILES string of the molecule is C=C/C=C/CCNC(=O)Nc1cnns1. The maximum absolute atomic E-state index is 11.2. The lowest BCUT2D eigenvalue weighted by Gasteiger charge is -2.02. The zero-order valence-corrected chi connectivity index (χ0v) is 8.96. The fraction of sp³-hybridized carbons (Fsp3) is 0.222. The lowest BCUT2D eigenvalue weighted by Crippen LogP contribution is -2.28. The fourth-order valence-electron chi connectivity index (χ4n) is 0.840. The van der Waals surface area contributed by atoms with E-state index < -0.39 is 0 Å². The Labute approximate surface area is 92.1 Å². The van der Waals surface area contributed by atoms with E-state index >= 15 is 0 Å². The molecular formula is C9H12N4OS. The number of nitrogens with one attached hydrogen (secondary N) is 2. The Kier molecular flexibility index (Phi) is 5.10. The second kappa shape index (κ2) is 6.72. The second-order valence-corrected chi connectivity index (χ2v) is 3.40. The van der Waals surface area contributed by atoms with Crippen LogP contribution in [-0.2, 0) is 0 Å². The van der Waals surface area contributed by atoms with Crippen LogP contribution in [0.5, 0.6) is 0 Å². The van der Waals surface area contributed by atoms with E-state index in [-0.39, 0.29) is 6.03 Å². The summed E-state index contributed by atoms with van der Waals surface area (Å²) in [5.74, 6) is 0. The van der Waals surface area contributed by atoms with E-state index in [1.165, 1.54) is 6.20 Å². The molecule has 0 saturated carbocycles. The van der Waals surface area contributed by atoms with Gasteiger partial charge >= 0.3 is 6.03 Å². The lowest BCUT2D eigenvalue weighted by atomic mass is 10.4. The summed E-state index contributed by atoms with van der Waals surface area (Å²) in [6, 6.07) is -0.243. The van der Waals surface area contributed by atoms with Crippen molar-refractivity contribution >= 4 is 22.6 Å². The minimum absolute atomic E-state index is 0.243. The predicted octanol–water partition coefficient (Wildman–Crippen LogP) is 1.79. The molecule has 0 aliphatic heterocycles. The number of urea groups is 1. The first-order valence-corrected chi connectivity index (χ1v) is 5.20.